The second-order valence-corrected chi connectivity index (χ2v) is 6.58. The summed E-state index contributed by atoms with van der Waals surface area (Å²) in [5, 5.41) is 11.0. The fourth-order valence-corrected chi connectivity index (χ4v) is 2.33. The number of aliphatic carboxylic acids is 1. The third-order valence-electron chi connectivity index (χ3n) is 2.94. The Bertz CT molecular complexity index is 454. The molecule has 4 N–H and O–H groups in total. The molecule has 0 spiro atoms. The summed E-state index contributed by atoms with van der Waals surface area (Å²) in [6.07, 6.45) is 2.47. The van der Waals surface area contributed by atoms with E-state index in [-0.39, 0.29) is 13.0 Å². The molecule has 0 radical (unpaired) electrons. The number of hydrogen-bond acceptors (Lipinski definition) is 7. The molecule has 1 unspecified atom stereocenters. The number of carbonyl (C=O) groups excluding carboxylic acids is 1. The minimum atomic E-state index is -4.52. The van der Waals surface area contributed by atoms with Crippen molar-refractivity contribution in [3.8, 4) is 0 Å². The summed E-state index contributed by atoms with van der Waals surface area (Å²) in [6.45, 7) is 1.59. The zero-order valence-corrected chi connectivity index (χ0v) is 13.5. The SMILES string of the molecule is CN(CCCCCC(=O)O)CCNC(=O)C(N)CS(=O)(=O)[O-]. The molecular weight excluding hydrogens is 314 g/mol. The van der Waals surface area contributed by atoms with Gasteiger partial charge in [-0.05, 0) is 26.4 Å². The van der Waals surface area contributed by atoms with Gasteiger partial charge in [-0.3, -0.25) is 9.59 Å². The van der Waals surface area contributed by atoms with Crippen LogP contribution in [0.5, 0.6) is 0 Å². The second-order valence-electron chi connectivity index (χ2n) is 5.13. The molecule has 0 fully saturated rings. The highest BCUT2D eigenvalue weighted by Gasteiger charge is 2.15. The molecule has 0 rings (SSSR count). The molecule has 10 heteroatoms. The van der Waals surface area contributed by atoms with Crippen LogP contribution >= 0.6 is 0 Å². The third-order valence-corrected chi connectivity index (χ3v) is 3.71. The molecule has 1 atom stereocenters. The number of unbranched alkanes of at least 4 members (excludes halogenated alkanes) is 2. The number of nitrogens with one attached hydrogen (secondary N) is 1. The van der Waals surface area contributed by atoms with Gasteiger partial charge in [0.05, 0.1) is 21.9 Å². The Kier molecular flexibility index (Phi) is 9.90. The van der Waals surface area contributed by atoms with E-state index in [1.807, 2.05) is 11.9 Å². The van der Waals surface area contributed by atoms with Crippen molar-refractivity contribution in [2.75, 3.05) is 32.4 Å². The summed E-state index contributed by atoms with van der Waals surface area (Å²) in [5.74, 6) is -2.39. The molecule has 0 aromatic heterocycles. The second kappa shape index (κ2) is 10.5. The number of carboxylic acids is 1. The van der Waals surface area contributed by atoms with E-state index < -0.39 is 33.8 Å². The molecule has 130 valence electrons. The van der Waals surface area contributed by atoms with Crippen LogP contribution in [-0.4, -0.2) is 73.3 Å². The number of nitrogens with zero attached hydrogens (tertiary/aromatic N) is 1. The quantitative estimate of drug-likeness (QED) is 0.288. The molecular formula is C12H24N3O6S-. The van der Waals surface area contributed by atoms with E-state index in [1.165, 1.54) is 0 Å². The summed E-state index contributed by atoms with van der Waals surface area (Å²) in [6, 6.07) is -1.36. The summed E-state index contributed by atoms with van der Waals surface area (Å²) < 4.78 is 31.4. The van der Waals surface area contributed by atoms with Crippen molar-refractivity contribution in [2.24, 2.45) is 5.73 Å². The number of hydrogen-bond donors (Lipinski definition) is 3. The smallest absolute Gasteiger partial charge is 0.303 e. The topological polar surface area (TPSA) is 153 Å². The van der Waals surface area contributed by atoms with E-state index >= 15 is 0 Å². The lowest BCUT2D eigenvalue weighted by molar-refractivity contribution is -0.137. The number of carboxylic acid groups (broad SMARTS) is 1. The molecule has 22 heavy (non-hydrogen) atoms. The first kappa shape index (κ1) is 20.8. The average Bonchev–Trinajstić information content (AvgIpc) is 2.35. The highest BCUT2D eigenvalue weighted by Crippen LogP contribution is 2.00. The Labute approximate surface area is 130 Å². The van der Waals surface area contributed by atoms with Gasteiger partial charge in [0, 0.05) is 19.5 Å². The van der Waals surface area contributed by atoms with E-state index in [0.717, 1.165) is 19.4 Å². The lowest BCUT2D eigenvalue weighted by atomic mass is 10.2. The number of likely N-dealkylation sites (N-methyl/N-ethyl adjacent to an activating group) is 1. The van der Waals surface area contributed by atoms with Crippen molar-refractivity contribution >= 4 is 22.0 Å². The Morgan fingerprint density at radius 2 is 1.91 bits per heavy atom. The van der Waals surface area contributed by atoms with Gasteiger partial charge in [-0.25, -0.2) is 8.42 Å². The first-order valence-corrected chi connectivity index (χ1v) is 8.56. The van der Waals surface area contributed by atoms with E-state index in [9.17, 15) is 22.6 Å². The number of rotatable bonds is 12. The van der Waals surface area contributed by atoms with Gasteiger partial charge >= 0.3 is 5.97 Å². The zero-order valence-electron chi connectivity index (χ0n) is 12.7. The van der Waals surface area contributed by atoms with Crippen LogP contribution in [0.3, 0.4) is 0 Å². The Balaban J connectivity index is 3.72. The number of amides is 1. The molecule has 0 aromatic rings. The van der Waals surface area contributed by atoms with E-state index in [2.05, 4.69) is 5.32 Å². The largest absolute Gasteiger partial charge is 0.748 e. The van der Waals surface area contributed by atoms with Crippen molar-refractivity contribution in [3.05, 3.63) is 0 Å². The predicted octanol–water partition coefficient (Wildman–Crippen LogP) is -1.45. The van der Waals surface area contributed by atoms with Gasteiger partial charge < -0.3 is 25.6 Å². The monoisotopic (exact) mass is 338 g/mol. The first-order valence-electron chi connectivity index (χ1n) is 6.99. The van der Waals surface area contributed by atoms with Gasteiger partial charge in [-0.2, -0.15) is 0 Å². The molecule has 1 amide bonds. The van der Waals surface area contributed by atoms with Crippen LogP contribution < -0.4 is 11.1 Å². The van der Waals surface area contributed by atoms with Gasteiger partial charge in [-0.1, -0.05) is 6.42 Å². The van der Waals surface area contributed by atoms with Crippen molar-refractivity contribution in [1.29, 1.82) is 0 Å². The molecule has 0 bridgehead atoms. The van der Waals surface area contributed by atoms with Crippen LogP contribution in [0, 0.1) is 0 Å². The maximum Gasteiger partial charge on any atom is 0.303 e. The molecule has 0 saturated carbocycles. The Morgan fingerprint density at radius 3 is 2.45 bits per heavy atom. The highest BCUT2D eigenvalue weighted by molar-refractivity contribution is 7.85. The van der Waals surface area contributed by atoms with Crippen molar-refractivity contribution in [1.82, 2.24) is 10.2 Å². The fourth-order valence-electron chi connectivity index (χ4n) is 1.74. The summed E-state index contributed by atoms with van der Waals surface area (Å²) in [7, 11) is -2.67. The minimum absolute atomic E-state index is 0.167. The maximum atomic E-state index is 11.5. The molecule has 0 aromatic carbocycles. The molecule has 9 nitrogen and oxygen atoms in total. The van der Waals surface area contributed by atoms with Gasteiger partial charge in [0.25, 0.3) is 0 Å². The first-order chi connectivity index (χ1) is 10.1. The van der Waals surface area contributed by atoms with E-state index in [0.29, 0.717) is 13.0 Å². The highest BCUT2D eigenvalue weighted by atomic mass is 32.2. The van der Waals surface area contributed by atoms with Crippen LogP contribution in [0.2, 0.25) is 0 Å². The lowest BCUT2D eigenvalue weighted by Gasteiger charge is -2.18. The maximum absolute atomic E-state index is 11.5. The van der Waals surface area contributed by atoms with Crippen LogP contribution in [0.1, 0.15) is 25.7 Å². The average molecular weight is 338 g/mol. The van der Waals surface area contributed by atoms with Gasteiger partial charge in [0.15, 0.2) is 0 Å². The Hall–Kier alpha value is -1.23. The number of nitrogens with two attached hydrogens (primary N) is 1. The standard InChI is InChI=1S/C12H25N3O6S/c1-15(7-4-2-3-5-11(16)17)8-6-14-12(18)10(13)9-22(19,20)21/h10H,2-9,13H2,1H3,(H,14,18)(H,16,17)(H,19,20,21)/p-1. The normalized spacial score (nSPS) is 13.1. The summed E-state index contributed by atoms with van der Waals surface area (Å²) in [4.78, 5) is 23.7. The zero-order chi connectivity index (χ0) is 17.2. The summed E-state index contributed by atoms with van der Waals surface area (Å²) in [5.41, 5.74) is 5.31. The Morgan fingerprint density at radius 1 is 1.27 bits per heavy atom. The van der Waals surface area contributed by atoms with E-state index in [4.69, 9.17) is 10.8 Å². The van der Waals surface area contributed by atoms with Crippen LogP contribution in [0.4, 0.5) is 0 Å². The molecule has 0 heterocycles. The van der Waals surface area contributed by atoms with E-state index in [1.54, 1.807) is 0 Å². The molecule has 0 saturated heterocycles. The van der Waals surface area contributed by atoms with Crippen molar-refractivity contribution in [3.63, 3.8) is 0 Å². The van der Waals surface area contributed by atoms with Gasteiger partial charge in [0.1, 0.15) is 0 Å². The molecule has 0 aliphatic rings. The molecule has 0 aliphatic carbocycles. The van der Waals surface area contributed by atoms with Crippen molar-refractivity contribution in [2.45, 2.75) is 31.7 Å². The van der Waals surface area contributed by atoms with Gasteiger partial charge in [-0.15, -0.1) is 0 Å². The third kappa shape index (κ3) is 12.5. The van der Waals surface area contributed by atoms with Crippen LogP contribution in [-0.2, 0) is 19.7 Å². The summed E-state index contributed by atoms with van der Waals surface area (Å²) >= 11 is 0. The predicted molar refractivity (Wildman–Crippen MR) is 79.2 cm³/mol. The van der Waals surface area contributed by atoms with Crippen LogP contribution in [0.15, 0.2) is 0 Å². The van der Waals surface area contributed by atoms with Crippen molar-refractivity contribution < 1.29 is 27.7 Å². The van der Waals surface area contributed by atoms with Gasteiger partial charge in [0.2, 0.25) is 5.91 Å². The number of carbonyl (C=O) groups is 2. The fraction of sp³-hybridized carbons (Fsp3) is 0.833. The van der Waals surface area contributed by atoms with Crippen LogP contribution in [0.25, 0.3) is 0 Å². The lowest BCUT2D eigenvalue weighted by Crippen LogP contribution is -2.46. The molecule has 0 aliphatic heterocycles. The minimum Gasteiger partial charge on any atom is -0.748 e.